The Balaban J connectivity index is 1.82. The molecule has 0 saturated carbocycles. The third-order valence-electron chi connectivity index (χ3n) is 3.16. The molecule has 5 nitrogen and oxygen atoms in total. The summed E-state index contributed by atoms with van der Waals surface area (Å²) in [6.45, 7) is 4.06. The highest BCUT2D eigenvalue weighted by atomic mass is 32.1. The number of nitrogens with one attached hydrogen (secondary N) is 1. The van der Waals surface area contributed by atoms with Crippen molar-refractivity contribution in [3.63, 3.8) is 0 Å². The number of carbonyl (C=O) groups excluding carboxylic acids is 1. The number of amides is 1. The normalized spacial score (nSPS) is 11.0. The first kappa shape index (κ1) is 13.6. The van der Waals surface area contributed by atoms with Gasteiger partial charge in [-0.25, -0.2) is 4.98 Å². The minimum absolute atomic E-state index is 0.206. The largest absolute Gasteiger partial charge is 0.444 e. The van der Waals surface area contributed by atoms with E-state index in [1.165, 1.54) is 11.3 Å². The van der Waals surface area contributed by atoms with E-state index in [1.54, 1.807) is 6.20 Å². The maximum atomic E-state index is 12.3. The zero-order valence-corrected chi connectivity index (χ0v) is 12.6. The van der Waals surface area contributed by atoms with Gasteiger partial charge < -0.3 is 15.5 Å². The maximum absolute atomic E-state index is 12.3. The fourth-order valence-electron chi connectivity index (χ4n) is 2.12. The zero-order chi connectivity index (χ0) is 15.0. The molecular formula is C15H15N3O2S. The molecule has 108 valence electrons. The van der Waals surface area contributed by atoms with Gasteiger partial charge in [-0.05, 0) is 26.0 Å². The maximum Gasteiger partial charge on any atom is 0.263 e. The third kappa shape index (κ3) is 2.62. The molecule has 0 aliphatic carbocycles. The first-order valence-electron chi connectivity index (χ1n) is 6.52. The lowest BCUT2D eigenvalue weighted by atomic mass is 10.1. The van der Waals surface area contributed by atoms with E-state index in [2.05, 4.69) is 10.3 Å². The molecule has 0 saturated heterocycles. The topological polar surface area (TPSA) is 81.2 Å². The van der Waals surface area contributed by atoms with Crippen LogP contribution in [0.25, 0.3) is 10.1 Å². The van der Waals surface area contributed by atoms with Crippen molar-refractivity contribution in [3.05, 3.63) is 46.5 Å². The molecule has 0 fully saturated rings. The number of thiophene rings is 1. The van der Waals surface area contributed by atoms with Crippen molar-refractivity contribution < 1.29 is 9.21 Å². The first-order chi connectivity index (χ1) is 10.0. The summed E-state index contributed by atoms with van der Waals surface area (Å²) in [7, 11) is 0. The van der Waals surface area contributed by atoms with E-state index < -0.39 is 0 Å². The average molecular weight is 301 g/mol. The van der Waals surface area contributed by atoms with Gasteiger partial charge >= 0.3 is 0 Å². The Morgan fingerprint density at radius 3 is 2.95 bits per heavy atom. The Bertz CT molecular complexity index is 820. The summed E-state index contributed by atoms with van der Waals surface area (Å²) < 4.78 is 6.33. The van der Waals surface area contributed by atoms with Crippen LogP contribution in [0.4, 0.5) is 5.69 Å². The van der Waals surface area contributed by atoms with Gasteiger partial charge in [0.15, 0.2) is 0 Å². The standard InChI is InChI=1S/C15H15N3O2S/c1-8-3-4-11-10(5-8)13(16)14(21-11)15(19)18-7-12-17-6-9(2)20-12/h3-6H,7,16H2,1-2H3,(H,18,19). The van der Waals surface area contributed by atoms with Crippen LogP contribution in [0.5, 0.6) is 0 Å². The summed E-state index contributed by atoms with van der Waals surface area (Å²) >= 11 is 1.39. The molecule has 2 heterocycles. The molecule has 3 aromatic rings. The number of hydrogen-bond acceptors (Lipinski definition) is 5. The number of hydrogen-bond donors (Lipinski definition) is 2. The van der Waals surface area contributed by atoms with Gasteiger partial charge in [0.2, 0.25) is 5.89 Å². The molecule has 0 spiro atoms. The van der Waals surface area contributed by atoms with Gasteiger partial charge in [-0.15, -0.1) is 11.3 Å². The number of aryl methyl sites for hydroxylation is 2. The van der Waals surface area contributed by atoms with Gasteiger partial charge in [-0.1, -0.05) is 11.6 Å². The Hall–Kier alpha value is -2.34. The van der Waals surface area contributed by atoms with Gasteiger partial charge in [0.1, 0.15) is 10.6 Å². The summed E-state index contributed by atoms with van der Waals surface area (Å²) in [5.41, 5.74) is 7.74. The summed E-state index contributed by atoms with van der Waals surface area (Å²) in [4.78, 5) is 16.8. The molecule has 0 atom stereocenters. The van der Waals surface area contributed by atoms with Crippen molar-refractivity contribution in [2.45, 2.75) is 20.4 Å². The molecule has 1 aromatic carbocycles. The van der Waals surface area contributed by atoms with Crippen molar-refractivity contribution >= 4 is 33.0 Å². The fourth-order valence-corrected chi connectivity index (χ4v) is 3.14. The number of nitrogens with zero attached hydrogens (tertiary/aromatic N) is 1. The molecule has 3 rings (SSSR count). The van der Waals surface area contributed by atoms with Gasteiger partial charge in [0, 0.05) is 10.1 Å². The highest BCUT2D eigenvalue weighted by Crippen LogP contribution is 2.34. The predicted molar refractivity (Wildman–Crippen MR) is 83.4 cm³/mol. The lowest BCUT2D eigenvalue weighted by Crippen LogP contribution is -2.22. The molecule has 0 unspecified atom stereocenters. The number of fused-ring (bicyclic) bond motifs is 1. The van der Waals surface area contributed by atoms with E-state index in [1.807, 2.05) is 32.0 Å². The van der Waals surface area contributed by atoms with Crippen LogP contribution in [0.2, 0.25) is 0 Å². The lowest BCUT2D eigenvalue weighted by molar-refractivity contribution is 0.0952. The summed E-state index contributed by atoms with van der Waals surface area (Å²) in [6.07, 6.45) is 1.62. The molecule has 2 aromatic heterocycles. The van der Waals surface area contributed by atoms with Crippen molar-refractivity contribution in [3.8, 4) is 0 Å². The number of anilines is 1. The minimum Gasteiger partial charge on any atom is -0.444 e. The number of benzene rings is 1. The molecular weight excluding hydrogens is 286 g/mol. The number of aromatic nitrogens is 1. The van der Waals surface area contributed by atoms with E-state index in [-0.39, 0.29) is 12.5 Å². The van der Waals surface area contributed by atoms with Crippen molar-refractivity contribution in [2.75, 3.05) is 5.73 Å². The average Bonchev–Trinajstić information content (AvgIpc) is 3.01. The van der Waals surface area contributed by atoms with Crippen molar-refractivity contribution in [2.24, 2.45) is 0 Å². The summed E-state index contributed by atoms with van der Waals surface area (Å²) in [5, 5.41) is 3.71. The molecule has 1 amide bonds. The number of oxazole rings is 1. The second-order valence-electron chi connectivity index (χ2n) is 4.89. The Labute approximate surface area is 125 Å². The number of nitrogen functional groups attached to an aromatic ring is 1. The van der Waals surface area contributed by atoms with Crippen LogP contribution in [-0.2, 0) is 6.54 Å². The van der Waals surface area contributed by atoms with E-state index in [9.17, 15) is 4.79 Å². The van der Waals surface area contributed by atoms with Gasteiger partial charge in [0.05, 0.1) is 18.4 Å². The summed E-state index contributed by atoms with van der Waals surface area (Å²) in [6, 6.07) is 5.99. The van der Waals surface area contributed by atoms with Crippen LogP contribution < -0.4 is 11.1 Å². The lowest BCUT2D eigenvalue weighted by Gasteiger charge is -2.01. The van der Waals surface area contributed by atoms with Gasteiger partial charge in [-0.2, -0.15) is 0 Å². The highest BCUT2D eigenvalue weighted by Gasteiger charge is 2.16. The highest BCUT2D eigenvalue weighted by molar-refractivity contribution is 7.21. The first-order valence-corrected chi connectivity index (χ1v) is 7.34. The number of rotatable bonds is 3. The SMILES string of the molecule is Cc1ccc2sc(C(=O)NCc3ncc(C)o3)c(N)c2c1. The van der Waals surface area contributed by atoms with E-state index in [0.717, 1.165) is 21.4 Å². The monoisotopic (exact) mass is 301 g/mol. The second-order valence-corrected chi connectivity index (χ2v) is 5.94. The predicted octanol–water partition coefficient (Wildman–Crippen LogP) is 3.02. The van der Waals surface area contributed by atoms with Crippen LogP contribution in [0.3, 0.4) is 0 Å². The molecule has 0 bridgehead atoms. The smallest absolute Gasteiger partial charge is 0.263 e. The third-order valence-corrected chi connectivity index (χ3v) is 4.34. The van der Waals surface area contributed by atoms with E-state index >= 15 is 0 Å². The Morgan fingerprint density at radius 1 is 1.43 bits per heavy atom. The molecule has 21 heavy (non-hydrogen) atoms. The number of nitrogens with two attached hydrogens (primary N) is 1. The van der Waals surface area contributed by atoms with Crippen LogP contribution in [-0.4, -0.2) is 10.9 Å². The van der Waals surface area contributed by atoms with Crippen LogP contribution in [0, 0.1) is 13.8 Å². The Kier molecular flexibility index (Phi) is 3.39. The second kappa shape index (κ2) is 5.21. The molecule has 0 aliphatic rings. The van der Waals surface area contributed by atoms with Crippen LogP contribution in [0.1, 0.15) is 26.9 Å². The van der Waals surface area contributed by atoms with E-state index in [0.29, 0.717) is 16.5 Å². The molecule has 0 aliphatic heterocycles. The molecule has 6 heteroatoms. The summed E-state index contributed by atoms with van der Waals surface area (Å²) in [5.74, 6) is 0.995. The van der Waals surface area contributed by atoms with E-state index in [4.69, 9.17) is 10.2 Å². The van der Waals surface area contributed by atoms with Gasteiger partial charge in [-0.3, -0.25) is 4.79 Å². The quantitative estimate of drug-likeness (QED) is 0.779. The van der Waals surface area contributed by atoms with Crippen LogP contribution >= 0.6 is 11.3 Å². The molecule has 3 N–H and O–H groups in total. The van der Waals surface area contributed by atoms with Crippen molar-refractivity contribution in [1.29, 1.82) is 0 Å². The van der Waals surface area contributed by atoms with Crippen LogP contribution in [0.15, 0.2) is 28.8 Å². The number of carbonyl (C=O) groups is 1. The van der Waals surface area contributed by atoms with Gasteiger partial charge in [0.25, 0.3) is 5.91 Å². The minimum atomic E-state index is -0.206. The zero-order valence-electron chi connectivity index (χ0n) is 11.8. The molecule has 0 radical (unpaired) electrons. The Morgan fingerprint density at radius 2 is 2.24 bits per heavy atom. The fraction of sp³-hybridized carbons (Fsp3) is 0.200. The van der Waals surface area contributed by atoms with Crippen molar-refractivity contribution in [1.82, 2.24) is 10.3 Å².